The Labute approximate surface area is 131 Å². The van der Waals surface area contributed by atoms with E-state index < -0.39 is 4.92 Å². The molecule has 1 heterocycles. The highest BCUT2D eigenvalue weighted by Crippen LogP contribution is 2.23. The van der Waals surface area contributed by atoms with Crippen LogP contribution in [0.15, 0.2) is 54.7 Å². The molecule has 0 unspecified atom stereocenters. The molecule has 0 fully saturated rings. The number of aromatic nitrogens is 3. The third-order valence-electron chi connectivity index (χ3n) is 3.39. The normalized spacial score (nSPS) is 10.2. The Morgan fingerprint density at radius 1 is 1.22 bits per heavy atom. The molecule has 0 saturated carbocycles. The van der Waals surface area contributed by atoms with Crippen LogP contribution in [0.3, 0.4) is 0 Å². The number of nitriles is 1. The molecular formula is C16H11N5O2. The third-order valence-corrected chi connectivity index (χ3v) is 3.39. The van der Waals surface area contributed by atoms with E-state index in [9.17, 15) is 10.1 Å². The first-order valence-corrected chi connectivity index (χ1v) is 6.80. The van der Waals surface area contributed by atoms with E-state index in [1.807, 2.05) is 12.1 Å². The highest BCUT2D eigenvalue weighted by Gasteiger charge is 2.11. The number of non-ortho nitro benzene ring substituents is 1. The largest absolute Gasteiger partial charge is 0.270 e. The van der Waals surface area contributed by atoms with Gasteiger partial charge in [-0.15, -0.1) is 5.10 Å². The zero-order chi connectivity index (χ0) is 16.2. The summed E-state index contributed by atoms with van der Waals surface area (Å²) in [6, 6.07) is 15.6. The van der Waals surface area contributed by atoms with E-state index in [0.717, 1.165) is 5.56 Å². The van der Waals surface area contributed by atoms with Gasteiger partial charge in [-0.3, -0.25) is 10.1 Å². The van der Waals surface area contributed by atoms with Gasteiger partial charge in [-0.25, -0.2) is 4.68 Å². The summed E-state index contributed by atoms with van der Waals surface area (Å²) in [6.07, 6.45) is 1.57. The average molecular weight is 305 g/mol. The number of hydrogen-bond donors (Lipinski definition) is 0. The molecule has 0 spiro atoms. The van der Waals surface area contributed by atoms with Gasteiger partial charge in [0.2, 0.25) is 0 Å². The molecule has 0 aliphatic carbocycles. The Hall–Kier alpha value is -3.53. The molecule has 3 rings (SSSR count). The molecule has 1 aromatic heterocycles. The van der Waals surface area contributed by atoms with Crippen LogP contribution >= 0.6 is 0 Å². The van der Waals surface area contributed by atoms with Crippen molar-refractivity contribution in [2.45, 2.75) is 6.54 Å². The maximum atomic E-state index is 10.9. The summed E-state index contributed by atoms with van der Waals surface area (Å²) in [5.41, 5.74) is 2.94. The lowest BCUT2D eigenvalue weighted by molar-refractivity contribution is -0.384. The lowest BCUT2D eigenvalue weighted by Crippen LogP contribution is -2.04. The molecular weight excluding hydrogens is 294 g/mol. The first kappa shape index (κ1) is 14.4. The van der Waals surface area contributed by atoms with E-state index in [1.54, 1.807) is 35.1 Å². The second kappa shape index (κ2) is 6.07. The van der Waals surface area contributed by atoms with Crippen molar-refractivity contribution in [2.75, 3.05) is 0 Å². The van der Waals surface area contributed by atoms with Gasteiger partial charge in [0.15, 0.2) is 0 Å². The predicted molar refractivity (Wildman–Crippen MR) is 82.4 cm³/mol. The second-order valence-electron chi connectivity index (χ2n) is 4.89. The first-order chi connectivity index (χ1) is 11.2. The van der Waals surface area contributed by atoms with Crippen LogP contribution in [0, 0.1) is 21.4 Å². The van der Waals surface area contributed by atoms with Gasteiger partial charge >= 0.3 is 0 Å². The number of benzene rings is 2. The van der Waals surface area contributed by atoms with E-state index in [1.165, 1.54) is 12.1 Å². The molecule has 2 aromatic carbocycles. The summed E-state index contributed by atoms with van der Waals surface area (Å²) in [7, 11) is 0. The molecule has 0 atom stereocenters. The monoisotopic (exact) mass is 305 g/mol. The predicted octanol–water partition coefficient (Wildman–Crippen LogP) is 2.77. The maximum Gasteiger partial charge on any atom is 0.270 e. The molecule has 0 aliphatic rings. The Morgan fingerprint density at radius 2 is 2.00 bits per heavy atom. The molecule has 0 N–H and O–H groups in total. The fraction of sp³-hybridized carbons (Fsp3) is 0.0625. The summed E-state index contributed by atoms with van der Waals surface area (Å²) in [5.74, 6) is 0. The summed E-state index contributed by atoms with van der Waals surface area (Å²) in [5, 5.41) is 27.6. The third kappa shape index (κ3) is 3.06. The highest BCUT2D eigenvalue weighted by molar-refractivity contribution is 5.62. The zero-order valence-corrected chi connectivity index (χ0v) is 12.0. The molecule has 7 heteroatoms. The van der Waals surface area contributed by atoms with Crippen LogP contribution in [0.4, 0.5) is 5.69 Å². The minimum atomic E-state index is -0.432. The van der Waals surface area contributed by atoms with Crippen LogP contribution in [-0.2, 0) is 6.54 Å². The summed E-state index contributed by atoms with van der Waals surface area (Å²) in [6.45, 7) is 0.462. The van der Waals surface area contributed by atoms with Gasteiger partial charge in [0, 0.05) is 17.7 Å². The molecule has 0 radical (unpaired) electrons. The van der Waals surface area contributed by atoms with Crippen molar-refractivity contribution in [2.24, 2.45) is 0 Å². The minimum Gasteiger partial charge on any atom is -0.258 e. The Morgan fingerprint density at radius 3 is 2.70 bits per heavy atom. The van der Waals surface area contributed by atoms with Gasteiger partial charge < -0.3 is 0 Å². The van der Waals surface area contributed by atoms with Crippen LogP contribution in [0.25, 0.3) is 11.3 Å². The Bertz CT molecular complexity index is 893. The van der Waals surface area contributed by atoms with E-state index in [-0.39, 0.29) is 5.69 Å². The molecule has 3 aromatic rings. The van der Waals surface area contributed by atoms with Gasteiger partial charge in [-0.1, -0.05) is 29.5 Å². The molecule has 0 aliphatic heterocycles. The van der Waals surface area contributed by atoms with Gasteiger partial charge in [0.1, 0.15) is 0 Å². The van der Waals surface area contributed by atoms with Gasteiger partial charge in [0.25, 0.3) is 5.69 Å². The number of hydrogen-bond acceptors (Lipinski definition) is 5. The Balaban J connectivity index is 1.91. The summed E-state index contributed by atoms with van der Waals surface area (Å²) < 4.78 is 1.67. The van der Waals surface area contributed by atoms with E-state index in [4.69, 9.17) is 5.26 Å². The standard InChI is InChI=1S/C16H11N5O2/c17-9-12-4-6-13(7-5-12)11-20-16(10-18-19-20)14-2-1-3-15(8-14)21(22)23/h1-8,10H,11H2. The molecule has 112 valence electrons. The number of rotatable bonds is 4. The van der Waals surface area contributed by atoms with Crippen LogP contribution in [0.1, 0.15) is 11.1 Å². The lowest BCUT2D eigenvalue weighted by atomic mass is 10.1. The van der Waals surface area contributed by atoms with Gasteiger partial charge in [-0.05, 0) is 17.7 Å². The maximum absolute atomic E-state index is 10.9. The molecule has 0 bridgehead atoms. The quantitative estimate of drug-likeness (QED) is 0.545. The van der Waals surface area contributed by atoms with Crippen LogP contribution < -0.4 is 0 Å². The summed E-state index contributed by atoms with van der Waals surface area (Å²) >= 11 is 0. The highest BCUT2D eigenvalue weighted by atomic mass is 16.6. The number of nitro benzene ring substituents is 1. The molecule has 0 amide bonds. The topological polar surface area (TPSA) is 97.6 Å². The lowest BCUT2D eigenvalue weighted by Gasteiger charge is -2.06. The van der Waals surface area contributed by atoms with Gasteiger partial charge in [-0.2, -0.15) is 5.26 Å². The van der Waals surface area contributed by atoms with Crippen molar-refractivity contribution < 1.29 is 4.92 Å². The molecule has 23 heavy (non-hydrogen) atoms. The van der Waals surface area contributed by atoms with Crippen LogP contribution in [-0.4, -0.2) is 19.9 Å². The van der Waals surface area contributed by atoms with E-state index in [2.05, 4.69) is 16.4 Å². The van der Waals surface area contributed by atoms with Crippen molar-refractivity contribution in [3.05, 3.63) is 76.0 Å². The second-order valence-corrected chi connectivity index (χ2v) is 4.89. The molecule has 0 saturated heterocycles. The van der Waals surface area contributed by atoms with Crippen LogP contribution in [0.5, 0.6) is 0 Å². The fourth-order valence-electron chi connectivity index (χ4n) is 2.23. The van der Waals surface area contributed by atoms with Crippen molar-refractivity contribution >= 4 is 5.69 Å². The van der Waals surface area contributed by atoms with Crippen molar-refractivity contribution in [3.63, 3.8) is 0 Å². The average Bonchev–Trinajstić information content (AvgIpc) is 3.04. The fourth-order valence-corrected chi connectivity index (χ4v) is 2.23. The SMILES string of the molecule is N#Cc1ccc(Cn2nncc2-c2cccc([N+](=O)[O-])c2)cc1. The minimum absolute atomic E-state index is 0.0219. The number of nitrogens with zero attached hydrogens (tertiary/aromatic N) is 5. The smallest absolute Gasteiger partial charge is 0.258 e. The molecule has 7 nitrogen and oxygen atoms in total. The van der Waals surface area contributed by atoms with Gasteiger partial charge in [0.05, 0.1) is 35.0 Å². The first-order valence-electron chi connectivity index (χ1n) is 6.80. The van der Waals surface area contributed by atoms with Crippen molar-refractivity contribution in [1.29, 1.82) is 5.26 Å². The Kier molecular flexibility index (Phi) is 3.80. The van der Waals surface area contributed by atoms with E-state index >= 15 is 0 Å². The summed E-state index contributed by atoms with van der Waals surface area (Å²) in [4.78, 5) is 10.5. The zero-order valence-electron chi connectivity index (χ0n) is 12.0. The van der Waals surface area contributed by atoms with Crippen LogP contribution in [0.2, 0.25) is 0 Å². The van der Waals surface area contributed by atoms with E-state index in [0.29, 0.717) is 23.4 Å². The van der Waals surface area contributed by atoms with Crippen molar-refractivity contribution in [3.8, 4) is 17.3 Å². The number of nitro groups is 1. The van der Waals surface area contributed by atoms with Crippen molar-refractivity contribution in [1.82, 2.24) is 15.0 Å².